The fraction of sp³-hybridized carbons (Fsp3) is 0.409. The molecule has 2 aromatic carbocycles. The van der Waals surface area contributed by atoms with Crippen LogP contribution in [0.2, 0.25) is 0 Å². The summed E-state index contributed by atoms with van der Waals surface area (Å²) < 4.78 is 5.36. The molecule has 5 heteroatoms. The standard InChI is InChI=1S/C22H28N2O2.ClH/c23-21(19-11-13-26-14-12-19)22(25)24-16-20(18-9-5-2-6-10-18)15-17-7-3-1-4-8-17;/h1-10,19-21H,11-16,23H2,(H,24,25);1H. The Bertz CT molecular complexity index is 675. The third-order valence-corrected chi connectivity index (χ3v) is 5.20. The van der Waals surface area contributed by atoms with E-state index in [0.29, 0.717) is 19.8 Å². The molecule has 1 aliphatic heterocycles. The van der Waals surface area contributed by atoms with Crippen molar-refractivity contribution in [3.05, 3.63) is 71.8 Å². The van der Waals surface area contributed by atoms with Gasteiger partial charge in [0, 0.05) is 25.7 Å². The molecule has 1 saturated heterocycles. The molecule has 1 aliphatic rings. The minimum absolute atomic E-state index is 0. The zero-order chi connectivity index (χ0) is 18.2. The van der Waals surface area contributed by atoms with Gasteiger partial charge in [-0.1, -0.05) is 60.7 Å². The van der Waals surface area contributed by atoms with E-state index < -0.39 is 6.04 Å². The van der Waals surface area contributed by atoms with E-state index in [1.165, 1.54) is 11.1 Å². The first-order valence-electron chi connectivity index (χ1n) is 9.44. The maximum absolute atomic E-state index is 12.6. The number of hydrogen-bond donors (Lipinski definition) is 2. The van der Waals surface area contributed by atoms with Crippen LogP contribution in [0.5, 0.6) is 0 Å². The maximum atomic E-state index is 12.6. The average Bonchev–Trinajstić information content (AvgIpc) is 2.72. The van der Waals surface area contributed by atoms with Crippen LogP contribution in [0.4, 0.5) is 0 Å². The average molecular weight is 389 g/mol. The molecular formula is C22H29ClN2O2. The number of carbonyl (C=O) groups excluding carboxylic acids is 1. The van der Waals surface area contributed by atoms with Crippen LogP contribution in [0.25, 0.3) is 0 Å². The Hall–Kier alpha value is -1.88. The van der Waals surface area contributed by atoms with Crippen molar-refractivity contribution in [3.63, 3.8) is 0 Å². The summed E-state index contributed by atoms with van der Waals surface area (Å²) in [6.07, 6.45) is 2.61. The summed E-state index contributed by atoms with van der Waals surface area (Å²) in [6.45, 7) is 1.99. The molecule has 1 heterocycles. The van der Waals surface area contributed by atoms with Crippen molar-refractivity contribution in [3.8, 4) is 0 Å². The molecule has 0 bridgehead atoms. The van der Waals surface area contributed by atoms with Gasteiger partial charge >= 0.3 is 0 Å². The van der Waals surface area contributed by atoms with Crippen molar-refractivity contribution < 1.29 is 9.53 Å². The minimum Gasteiger partial charge on any atom is -0.381 e. The lowest BCUT2D eigenvalue weighted by Gasteiger charge is -2.27. The summed E-state index contributed by atoms with van der Waals surface area (Å²) in [4.78, 5) is 12.6. The largest absolute Gasteiger partial charge is 0.381 e. The zero-order valence-corrected chi connectivity index (χ0v) is 16.4. The van der Waals surface area contributed by atoms with Gasteiger partial charge in [-0.2, -0.15) is 0 Å². The van der Waals surface area contributed by atoms with Crippen molar-refractivity contribution >= 4 is 18.3 Å². The van der Waals surface area contributed by atoms with Gasteiger partial charge in [0.05, 0.1) is 6.04 Å². The van der Waals surface area contributed by atoms with E-state index in [9.17, 15) is 4.79 Å². The van der Waals surface area contributed by atoms with Crippen LogP contribution in [-0.2, 0) is 16.0 Å². The zero-order valence-electron chi connectivity index (χ0n) is 15.6. The van der Waals surface area contributed by atoms with Gasteiger partial charge in [0.25, 0.3) is 0 Å². The van der Waals surface area contributed by atoms with Gasteiger partial charge in [-0.3, -0.25) is 4.79 Å². The van der Waals surface area contributed by atoms with Crippen LogP contribution >= 0.6 is 12.4 Å². The summed E-state index contributed by atoms with van der Waals surface area (Å²) >= 11 is 0. The predicted molar refractivity (Wildman–Crippen MR) is 111 cm³/mol. The van der Waals surface area contributed by atoms with Crippen LogP contribution in [-0.4, -0.2) is 31.7 Å². The van der Waals surface area contributed by atoms with Crippen LogP contribution in [0.15, 0.2) is 60.7 Å². The first-order chi connectivity index (χ1) is 12.7. The Labute approximate surface area is 167 Å². The van der Waals surface area contributed by atoms with Crippen LogP contribution in [0.1, 0.15) is 29.9 Å². The molecule has 0 saturated carbocycles. The molecule has 4 nitrogen and oxygen atoms in total. The molecule has 2 unspecified atom stereocenters. The molecule has 1 fully saturated rings. The van der Waals surface area contributed by atoms with Crippen molar-refractivity contribution in [1.29, 1.82) is 0 Å². The molecule has 3 rings (SSSR count). The second-order valence-electron chi connectivity index (χ2n) is 7.02. The molecule has 2 atom stereocenters. The molecule has 0 aromatic heterocycles. The number of amides is 1. The molecule has 27 heavy (non-hydrogen) atoms. The Balaban J connectivity index is 0.00000261. The lowest BCUT2D eigenvalue weighted by atomic mass is 9.90. The van der Waals surface area contributed by atoms with Crippen molar-refractivity contribution in [2.45, 2.75) is 31.2 Å². The third-order valence-electron chi connectivity index (χ3n) is 5.20. The fourth-order valence-electron chi connectivity index (χ4n) is 3.56. The maximum Gasteiger partial charge on any atom is 0.237 e. The number of ether oxygens (including phenoxy) is 1. The molecule has 2 aromatic rings. The van der Waals surface area contributed by atoms with Gasteiger partial charge in [-0.25, -0.2) is 0 Å². The van der Waals surface area contributed by atoms with Crippen molar-refractivity contribution in [1.82, 2.24) is 5.32 Å². The van der Waals surface area contributed by atoms with E-state index in [2.05, 4.69) is 41.7 Å². The normalized spacial score (nSPS) is 16.8. The number of carbonyl (C=O) groups is 1. The summed E-state index contributed by atoms with van der Waals surface area (Å²) in [5, 5.41) is 3.09. The number of nitrogens with one attached hydrogen (secondary N) is 1. The highest BCUT2D eigenvalue weighted by atomic mass is 35.5. The Kier molecular flexibility index (Phi) is 8.79. The second kappa shape index (κ2) is 11.1. The topological polar surface area (TPSA) is 64.4 Å². The Morgan fingerprint density at radius 1 is 1.04 bits per heavy atom. The summed E-state index contributed by atoms with van der Waals surface area (Å²) in [5.74, 6) is 0.392. The third kappa shape index (κ3) is 6.35. The van der Waals surface area contributed by atoms with Gasteiger partial charge < -0.3 is 15.8 Å². The first kappa shape index (κ1) is 21.4. The number of nitrogens with two attached hydrogens (primary N) is 1. The first-order valence-corrected chi connectivity index (χ1v) is 9.44. The Morgan fingerprint density at radius 3 is 2.26 bits per heavy atom. The predicted octanol–water partition coefficient (Wildman–Crippen LogP) is 3.30. The molecule has 1 amide bonds. The summed E-state index contributed by atoms with van der Waals surface area (Å²) in [7, 11) is 0. The van der Waals surface area contributed by atoms with Crippen LogP contribution in [0, 0.1) is 5.92 Å². The van der Waals surface area contributed by atoms with Gasteiger partial charge in [0.2, 0.25) is 5.91 Å². The minimum atomic E-state index is -0.452. The van der Waals surface area contributed by atoms with E-state index in [1.54, 1.807) is 0 Å². The second-order valence-corrected chi connectivity index (χ2v) is 7.02. The van der Waals surface area contributed by atoms with E-state index in [0.717, 1.165) is 19.3 Å². The molecule has 3 N–H and O–H groups in total. The lowest BCUT2D eigenvalue weighted by molar-refractivity contribution is -0.124. The molecule has 0 aliphatic carbocycles. The van der Waals surface area contributed by atoms with E-state index in [1.807, 2.05) is 24.3 Å². The number of halogens is 1. The van der Waals surface area contributed by atoms with Gasteiger partial charge in [-0.05, 0) is 36.3 Å². The van der Waals surface area contributed by atoms with Gasteiger partial charge in [0.1, 0.15) is 0 Å². The smallest absolute Gasteiger partial charge is 0.237 e. The monoisotopic (exact) mass is 388 g/mol. The van der Waals surface area contributed by atoms with Crippen LogP contribution < -0.4 is 11.1 Å². The molecular weight excluding hydrogens is 360 g/mol. The molecule has 0 spiro atoms. The number of rotatable bonds is 7. The molecule has 146 valence electrons. The fourth-order valence-corrected chi connectivity index (χ4v) is 3.56. The lowest BCUT2D eigenvalue weighted by Crippen LogP contribution is -2.48. The quantitative estimate of drug-likeness (QED) is 0.764. The van der Waals surface area contributed by atoms with Crippen molar-refractivity contribution in [2.75, 3.05) is 19.8 Å². The Morgan fingerprint density at radius 2 is 1.63 bits per heavy atom. The van der Waals surface area contributed by atoms with E-state index in [-0.39, 0.29) is 30.2 Å². The summed E-state index contributed by atoms with van der Waals surface area (Å²) in [6, 6.07) is 20.3. The van der Waals surface area contributed by atoms with Gasteiger partial charge in [0.15, 0.2) is 0 Å². The van der Waals surface area contributed by atoms with E-state index >= 15 is 0 Å². The highest BCUT2D eigenvalue weighted by Gasteiger charge is 2.27. The number of benzene rings is 2. The van der Waals surface area contributed by atoms with Gasteiger partial charge in [-0.15, -0.1) is 12.4 Å². The summed E-state index contributed by atoms with van der Waals surface area (Å²) in [5.41, 5.74) is 8.70. The van der Waals surface area contributed by atoms with E-state index in [4.69, 9.17) is 10.5 Å². The highest BCUT2D eigenvalue weighted by molar-refractivity contribution is 5.85. The number of hydrogen-bond acceptors (Lipinski definition) is 3. The molecule has 0 radical (unpaired) electrons. The highest BCUT2D eigenvalue weighted by Crippen LogP contribution is 2.21. The van der Waals surface area contributed by atoms with Crippen molar-refractivity contribution in [2.24, 2.45) is 11.7 Å². The van der Waals surface area contributed by atoms with Crippen LogP contribution in [0.3, 0.4) is 0 Å². The SMILES string of the molecule is Cl.NC(C(=O)NCC(Cc1ccccc1)c1ccccc1)C1CCOCC1.